The van der Waals surface area contributed by atoms with Gasteiger partial charge in [0.25, 0.3) is 5.91 Å². The van der Waals surface area contributed by atoms with Crippen molar-refractivity contribution in [3.63, 3.8) is 0 Å². The second-order valence-electron chi connectivity index (χ2n) is 4.45. The number of carbonyl (C=O) groups excluding carboxylic acids is 1. The minimum Gasteiger partial charge on any atom is -0.480 e. The lowest BCUT2D eigenvalue weighted by Crippen LogP contribution is -2.40. The van der Waals surface area contributed by atoms with E-state index in [0.29, 0.717) is 12.8 Å². The van der Waals surface area contributed by atoms with E-state index in [1.54, 1.807) is 0 Å². The van der Waals surface area contributed by atoms with Gasteiger partial charge in [0.05, 0.1) is 4.90 Å². The minimum atomic E-state index is -3.32. The van der Waals surface area contributed by atoms with Crippen LogP contribution in [0.25, 0.3) is 0 Å². The molecule has 1 rings (SSSR count). The summed E-state index contributed by atoms with van der Waals surface area (Å²) in [5.74, 6) is -1.63. The van der Waals surface area contributed by atoms with Crippen molar-refractivity contribution in [2.75, 3.05) is 6.26 Å². The summed E-state index contributed by atoms with van der Waals surface area (Å²) in [5.41, 5.74) is 0.222. The summed E-state index contributed by atoms with van der Waals surface area (Å²) in [5, 5.41) is 11.4. The number of rotatable bonds is 6. The molecule has 0 spiro atoms. The van der Waals surface area contributed by atoms with Gasteiger partial charge < -0.3 is 10.4 Å². The lowest BCUT2D eigenvalue weighted by molar-refractivity contribution is -0.139. The maximum atomic E-state index is 11.9. The summed E-state index contributed by atoms with van der Waals surface area (Å²) in [4.78, 5) is 22.9. The van der Waals surface area contributed by atoms with Gasteiger partial charge >= 0.3 is 5.97 Å². The molecule has 20 heavy (non-hydrogen) atoms. The second kappa shape index (κ2) is 6.51. The first-order valence-electron chi connectivity index (χ1n) is 6.09. The third-order valence-corrected chi connectivity index (χ3v) is 3.85. The van der Waals surface area contributed by atoms with Crippen molar-refractivity contribution in [2.24, 2.45) is 0 Å². The molecule has 1 aromatic rings. The molecular weight excluding hydrogens is 282 g/mol. The highest BCUT2D eigenvalue weighted by molar-refractivity contribution is 7.90. The Morgan fingerprint density at radius 2 is 1.80 bits per heavy atom. The summed E-state index contributed by atoms with van der Waals surface area (Å²) in [7, 11) is -3.32. The zero-order valence-electron chi connectivity index (χ0n) is 11.3. The number of amides is 1. The van der Waals surface area contributed by atoms with Gasteiger partial charge in [0, 0.05) is 11.8 Å². The molecule has 110 valence electrons. The number of carboxylic acid groups (broad SMARTS) is 1. The maximum absolute atomic E-state index is 11.9. The van der Waals surface area contributed by atoms with Crippen LogP contribution < -0.4 is 5.32 Å². The Morgan fingerprint density at radius 3 is 2.20 bits per heavy atom. The van der Waals surface area contributed by atoms with Crippen molar-refractivity contribution in [3.8, 4) is 0 Å². The molecule has 7 heteroatoms. The molecule has 0 aliphatic heterocycles. The van der Waals surface area contributed by atoms with Crippen LogP contribution in [-0.4, -0.2) is 37.7 Å². The minimum absolute atomic E-state index is 0.109. The topological polar surface area (TPSA) is 101 Å². The first kappa shape index (κ1) is 16.2. The second-order valence-corrected chi connectivity index (χ2v) is 6.47. The van der Waals surface area contributed by atoms with Gasteiger partial charge in [-0.2, -0.15) is 0 Å². The number of carboxylic acids is 1. The van der Waals surface area contributed by atoms with Crippen molar-refractivity contribution in [3.05, 3.63) is 29.8 Å². The van der Waals surface area contributed by atoms with Gasteiger partial charge in [-0.05, 0) is 30.7 Å². The Hall–Kier alpha value is -1.89. The highest BCUT2D eigenvalue weighted by Gasteiger charge is 2.19. The van der Waals surface area contributed by atoms with E-state index in [4.69, 9.17) is 5.11 Å². The van der Waals surface area contributed by atoms with Crippen LogP contribution in [0.2, 0.25) is 0 Å². The molecular formula is C13H17NO5S. The fourth-order valence-electron chi connectivity index (χ4n) is 1.64. The average molecular weight is 299 g/mol. The molecule has 0 saturated carbocycles. The summed E-state index contributed by atoms with van der Waals surface area (Å²) >= 11 is 0. The molecule has 1 atom stereocenters. The van der Waals surface area contributed by atoms with Crippen molar-refractivity contribution in [2.45, 2.75) is 30.7 Å². The van der Waals surface area contributed by atoms with Crippen molar-refractivity contribution >= 4 is 21.7 Å². The fourth-order valence-corrected chi connectivity index (χ4v) is 2.27. The number of sulfone groups is 1. The van der Waals surface area contributed by atoms with Gasteiger partial charge in [0.15, 0.2) is 9.84 Å². The van der Waals surface area contributed by atoms with Gasteiger partial charge in [0.2, 0.25) is 0 Å². The summed E-state index contributed by atoms with van der Waals surface area (Å²) in [6, 6.07) is 4.41. The van der Waals surface area contributed by atoms with E-state index in [1.165, 1.54) is 24.3 Å². The third-order valence-electron chi connectivity index (χ3n) is 2.73. The van der Waals surface area contributed by atoms with Crippen LogP contribution in [-0.2, 0) is 14.6 Å². The zero-order chi connectivity index (χ0) is 15.3. The molecule has 0 saturated heterocycles. The lowest BCUT2D eigenvalue weighted by atomic mass is 10.1. The molecule has 6 nitrogen and oxygen atoms in total. The SMILES string of the molecule is CCC[C@@H](NC(=O)c1ccc(S(C)(=O)=O)cc1)C(=O)O. The molecule has 0 heterocycles. The quantitative estimate of drug-likeness (QED) is 0.818. The number of aliphatic carboxylic acids is 1. The third kappa shape index (κ3) is 4.34. The number of carbonyl (C=O) groups is 2. The van der Waals surface area contributed by atoms with E-state index in [2.05, 4.69) is 5.32 Å². The van der Waals surface area contributed by atoms with Crippen molar-refractivity contribution < 1.29 is 23.1 Å². The summed E-state index contributed by atoms with van der Waals surface area (Å²) in [6.45, 7) is 1.82. The first-order valence-corrected chi connectivity index (χ1v) is 7.98. The largest absolute Gasteiger partial charge is 0.480 e. The predicted molar refractivity (Wildman–Crippen MR) is 73.3 cm³/mol. The van der Waals surface area contributed by atoms with E-state index < -0.39 is 27.8 Å². The Kier molecular flexibility index (Phi) is 5.26. The molecule has 0 bridgehead atoms. The van der Waals surface area contributed by atoms with Crippen LogP contribution in [0, 0.1) is 0 Å². The van der Waals surface area contributed by atoms with Gasteiger partial charge in [-0.15, -0.1) is 0 Å². The standard InChI is InChI=1S/C13H17NO5S/c1-3-4-11(13(16)17)14-12(15)9-5-7-10(8-6-9)20(2,18)19/h5-8,11H,3-4H2,1-2H3,(H,14,15)(H,16,17)/t11-/m1/s1. The highest BCUT2D eigenvalue weighted by atomic mass is 32.2. The molecule has 0 aromatic heterocycles. The number of hydrogen-bond donors (Lipinski definition) is 2. The molecule has 2 N–H and O–H groups in total. The Morgan fingerprint density at radius 1 is 1.25 bits per heavy atom. The Balaban J connectivity index is 2.85. The number of nitrogens with one attached hydrogen (secondary N) is 1. The van der Waals surface area contributed by atoms with Crippen LogP contribution in [0.1, 0.15) is 30.1 Å². The highest BCUT2D eigenvalue weighted by Crippen LogP contribution is 2.10. The fraction of sp³-hybridized carbons (Fsp3) is 0.385. The van der Waals surface area contributed by atoms with Gasteiger partial charge in [-0.25, -0.2) is 13.2 Å². The van der Waals surface area contributed by atoms with Crippen LogP contribution >= 0.6 is 0 Å². The van der Waals surface area contributed by atoms with E-state index in [0.717, 1.165) is 6.26 Å². The van der Waals surface area contributed by atoms with E-state index in [-0.39, 0.29) is 10.5 Å². The lowest BCUT2D eigenvalue weighted by Gasteiger charge is -2.13. The van der Waals surface area contributed by atoms with Gasteiger partial charge in [0.1, 0.15) is 6.04 Å². The monoisotopic (exact) mass is 299 g/mol. The molecule has 1 aromatic carbocycles. The molecule has 0 radical (unpaired) electrons. The summed E-state index contributed by atoms with van der Waals surface area (Å²) in [6.07, 6.45) is 2.04. The average Bonchev–Trinajstić information content (AvgIpc) is 2.37. The van der Waals surface area contributed by atoms with Gasteiger partial charge in [-0.1, -0.05) is 13.3 Å². The van der Waals surface area contributed by atoms with E-state index in [9.17, 15) is 18.0 Å². The zero-order valence-corrected chi connectivity index (χ0v) is 12.1. The number of hydrogen-bond acceptors (Lipinski definition) is 4. The Bertz CT molecular complexity index is 592. The predicted octanol–water partition coefficient (Wildman–Crippen LogP) is 1.07. The molecule has 0 fully saturated rings. The van der Waals surface area contributed by atoms with E-state index in [1.807, 2.05) is 6.92 Å². The van der Waals surface area contributed by atoms with Crippen LogP contribution in [0.3, 0.4) is 0 Å². The normalized spacial score (nSPS) is 12.7. The van der Waals surface area contributed by atoms with Crippen molar-refractivity contribution in [1.82, 2.24) is 5.32 Å². The smallest absolute Gasteiger partial charge is 0.326 e. The van der Waals surface area contributed by atoms with Crippen molar-refractivity contribution in [1.29, 1.82) is 0 Å². The van der Waals surface area contributed by atoms with Crippen LogP contribution in [0.4, 0.5) is 0 Å². The van der Waals surface area contributed by atoms with Crippen LogP contribution in [0.5, 0.6) is 0 Å². The molecule has 0 aliphatic carbocycles. The first-order chi connectivity index (χ1) is 9.25. The molecule has 0 aliphatic rings. The number of benzene rings is 1. The summed E-state index contributed by atoms with van der Waals surface area (Å²) < 4.78 is 22.6. The van der Waals surface area contributed by atoms with Gasteiger partial charge in [-0.3, -0.25) is 4.79 Å². The molecule has 0 unspecified atom stereocenters. The Labute approximate surface area is 117 Å². The molecule has 1 amide bonds. The van der Waals surface area contributed by atoms with E-state index >= 15 is 0 Å². The van der Waals surface area contributed by atoms with Crippen LogP contribution in [0.15, 0.2) is 29.2 Å². The maximum Gasteiger partial charge on any atom is 0.326 e.